The zero-order chi connectivity index (χ0) is 28.7. The van der Waals surface area contributed by atoms with Crippen LogP contribution in [0.4, 0.5) is 5.69 Å². The van der Waals surface area contributed by atoms with Crippen LogP contribution >= 0.6 is 27.5 Å². The van der Waals surface area contributed by atoms with Gasteiger partial charge in [0, 0.05) is 22.1 Å². The minimum Gasteiger partial charge on any atom is -0.352 e. The molecule has 0 aliphatic carbocycles. The highest BCUT2D eigenvalue weighted by Gasteiger charge is 2.33. The smallest absolute Gasteiger partial charge is 0.264 e. The maximum absolute atomic E-state index is 14.0. The Morgan fingerprint density at radius 1 is 1.00 bits per heavy atom. The molecule has 2 amide bonds. The summed E-state index contributed by atoms with van der Waals surface area (Å²) in [5.74, 6) is -0.821. The first-order chi connectivity index (χ1) is 18.4. The number of hydrogen-bond donors (Lipinski definition) is 1. The maximum Gasteiger partial charge on any atom is 0.264 e. The normalized spacial score (nSPS) is 12.9. The molecule has 0 bridgehead atoms. The van der Waals surface area contributed by atoms with Crippen molar-refractivity contribution in [1.29, 1.82) is 0 Å². The number of aryl methyl sites for hydroxylation is 1. The van der Waals surface area contributed by atoms with Crippen molar-refractivity contribution in [2.75, 3.05) is 10.8 Å². The number of amides is 2. The summed E-state index contributed by atoms with van der Waals surface area (Å²) >= 11 is 9.45. The first-order valence-corrected chi connectivity index (χ1v) is 15.2. The second-order valence-corrected chi connectivity index (χ2v) is 12.6. The highest BCUT2D eigenvalue weighted by atomic mass is 79.9. The molecule has 10 heteroatoms. The average Bonchev–Trinajstić information content (AvgIpc) is 2.90. The number of rotatable bonds is 11. The van der Waals surface area contributed by atoms with E-state index in [1.165, 1.54) is 29.2 Å². The van der Waals surface area contributed by atoms with Crippen molar-refractivity contribution < 1.29 is 18.0 Å². The van der Waals surface area contributed by atoms with E-state index in [4.69, 9.17) is 11.6 Å². The Balaban J connectivity index is 2.04. The lowest BCUT2D eigenvalue weighted by Crippen LogP contribution is -2.52. The molecule has 3 rings (SSSR count). The van der Waals surface area contributed by atoms with Gasteiger partial charge in [-0.25, -0.2) is 8.42 Å². The van der Waals surface area contributed by atoms with E-state index in [9.17, 15) is 18.0 Å². The standard InChI is InChI=1S/C29H33BrClN3O4S/c1-5-21(3)32-29(36)22(4)33(18-23-10-8-11-24(30)17-23)28(35)19-34(27-12-7-6-9-20(27)2)39(37,38)26-15-13-25(31)14-16-26/h6-17,21-22H,5,18-19H2,1-4H3,(H,32,36). The quantitative estimate of drug-likeness (QED) is 0.283. The summed E-state index contributed by atoms with van der Waals surface area (Å²) in [6.45, 7) is 6.91. The molecule has 0 saturated carbocycles. The van der Waals surface area contributed by atoms with Crippen molar-refractivity contribution >= 4 is 55.1 Å². The molecular formula is C29H33BrClN3O4S. The number of sulfonamides is 1. The van der Waals surface area contributed by atoms with Crippen LogP contribution in [0.25, 0.3) is 0 Å². The molecule has 0 fully saturated rings. The number of carbonyl (C=O) groups excluding carboxylic acids is 2. The SMILES string of the molecule is CCC(C)NC(=O)C(C)N(Cc1cccc(Br)c1)C(=O)CN(c1ccccc1C)S(=O)(=O)c1ccc(Cl)cc1. The zero-order valence-electron chi connectivity index (χ0n) is 22.4. The maximum atomic E-state index is 14.0. The lowest BCUT2D eigenvalue weighted by atomic mass is 10.1. The number of benzene rings is 3. The average molecular weight is 635 g/mol. The molecule has 208 valence electrons. The van der Waals surface area contributed by atoms with E-state index in [-0.39, 0.29) is 23.4 Å². The van der Waals surface area contributed by atoms with E-state index in [1.54, 1.807) is 38.1 Å². The molecule has 3 aromatic carbocycles. The molecule has 0 saturated heterocycles. The van der Waals surface area contributed by atoms with Gasteiger partial charge in [-0.2, -0.15) is 0 Å². The van der Waals surface area contributed by atoms with Gasteiger partial charge in [0.15, 0.2) is 0 Å². The Bertz CT molecular complexity index is 1420. The second kappa shape index (κ2) is 13.5. The summed E-state index contributed by atoms with van der Waals surface area (Å²) in [6, 6.07) is 19.3. The number of anilines is 1. The van der Waals surface area contributed by atoms with Crippen molar-refractivity contribution in [1.82, 2.24) is 10.2 Å². The largest absolute Gasteiger partial charge is 0.352 e. The van der Waals surface area contributed by atoms with Crippen LogP contribution in [0.1, 0.15) is 38.3 Å². The molecule has 39 heavy (non-hydrogen) atoms. The lowest BCUT2D eigenvalue weighted by molar-refractivity contribution is -0.139. The minimum atomic E-state index is -4.15. The molecule has 3 aromatic rings. The van der Waals surface area contributed by atoms with Crippen LogP contribution in [0.3, 0.4) is 0 Å². The Labute approximate surface area is 244 Å². The molecular weight excluding hydrogens is 602 g/mol. The van der Waals surface area contributed by atoms with Crippen LogP contribution in [0.2, 0.25) is 5.02 Å². The summed E-state index contributed by atoms with van der Waals surface area (Å²) in [7, 11) is -4.15. The Hall–Kier alpha value is -2.88. The molecule has 0 heterocycles. The van der Waals surface area contributed by atoms with Gasteiger partial charge in [-0.1, -0.05) is 64.8 Å². The lowest BCUT2D eigenvalue weighted by Gasteiger charge is -2.33. The van der Waals surface area contributed by atoms with Crippen molar-refractivity contribution in [2.24, 2.45) is 0 Å². The summed E-state index contributed by atoms with van der Waals surface area (Å²) in [6.07, 6.45) is 0.735. The van der Waals surface area contributed by atoms with Gasteiger partial charge < -0.3 is 10.2 Å². The van der Waals surface area contributed by atoms with Crippen molar-refractivity contribution in [3.8, 4) is 0 Å². The van der Waals surface area contributed by atoms with Crippen LogP contribution in [-0.4, -0.2) is 43.8 Å². The van der Waals surface area contributed by atoms with Gasteiger partial charge in [-0.3, -0.25) is 13.9 Å². The number of carbonyl (C=O) groups is 2. The molecule has 0 spiro atoms. The van der Waals surface area contributed by atoms with E-state index in [2.05, 4.69) is 21.2 Å². The fourth-order valence-electron chi connectivity index (χ4n) is 3.97. The number of nitrogens with zero attached hydrogens (tertiary/aromatic N) is 2. The highest BCUT2D eigenvalue weighted by Crippen LogP contribution is 2.28. The number of hydrogen-bond acceptors (Lipinski definition) is 4. The summed E-state index contributed by atoms with van der Waals surface area (Å²) in [5.41, 5.74) is 1.85. The molecule has 7 nitrogen and oxygen atoms in total. The van der Waals surface area contributed by atoms with Gasteiger partial charge >= 0.3 is 0 Å². The molecule has 0 radical (unpaired) electrons. The van der Waals surface area contributed by atoms with Gasteiger partial charge in [0.05, 0.1) is 10.6 Å². The van der Waals surface area contributed by atoms with E-state index >= 15 is 0 Å². The van der Waals surface area contributed by atoms with Crippen LogP contribution in [0.5, 0.6) is 0 Å². The summed E-state index contributed by atoms with van der Waals surface area (Å²) < 4.78 is 29.7. The fraction of sp³-hybridized carbons (Fsp3) is 0.310. The fourth-order valence-corrected chi connectivity index (χ4v) is 6.02. The zero-order valence-corrected chi connectivity index (χ0v) is 25.6. The third-order valence-corrected chi connectivity index (χ3v) is 8.99. The minimum absolute atomic E-state index is 0.00375. The topological polar surface area (TPSA) is 86.8 Å². The first kappa shape index (κ1) is 30.7. The van der Waals surface area contributed by atoms with Crippen LogP contribution < -0.4 is 9.62 Å². The molecule has 2 atom stereocenters. The molecule has 0 aromatic heterocycles. The van der Waals surface area contributed by atoms with Crippen molar-refractivity contribution in [2.45, 2.75) is 57.6 Å². The highest BCUT2D eigenvalue weighted by molar-refractivity contribution is 9.10. The van der Waals surface area contributed by atoms with Gasteiger partial charge in [0.1, 0.15) is 12.6 Å². The van der Waals surface area contributed by atoms with E-state index < -0.39 is 28.5 Å². The van der Waals surface area contributed by atoms with Crippen LogP contribution in [0, 0.1) is 6.92 Å². The van der Waals surface area contributed by atoms with Gasteiger partial charge in [-0.05, 0) is 80.8 Å². The third-order valence-electron chi connectivity index (χ3n) is 6.47. The Kier molecular flexibility index (Phi) is 10.6. The summed E-state index contributed by atoms with van der Waals surface area (Å²) in [4.78, 5) is 28.5. The van der Waals surface area contributed by atoms with E-state index in [0.29, 0.717) is 16.3 Å². The third kappa shape index (κ3) is 7.84. The van der Waals surface area contributed by atoms with Gasteiger partial charge in [-0.15, -0.1) is 0 Å². The number of halogens is 2. The van der Waals surface area contributed by atoms with Gasteiger partial charge in [0.2, 0.25) is 11.8 Å². The Morgan fingerprint density at radius 3 is 2.28 bits per heavy atom. The Morgan fingerprint density at radius 2 is 1.67 bits per heavy atom. The molecule has 0 aliphatic heterocycles. The van der Waals surface area contributed by atoms with E-state index in [1.807, 2.05) is 38.1 Å². The van der Waals surface area contributed by atoms with Gasteiger partial charge in [0.25, 0.3) is 10.0 Å². The molecule has 0 aliphatic rings. The van der Waals surface area contributed by atoms with Crippen molar-refractivity contribution in [3.63, 3.8) is 0 Å². The summed E-state index contributed by atoms with van der Waals surface area (Å²) in [5, 5.41) is 3.33. The molecule has 1 N–H and O–H groups in total. The number of para-hydroxylation sites is 1. The first-order valence-electron chi connectivity index (χ1n) is 12.6. The second-order valence-electron chi connectivity index (χ2n) is 9.40. The van der Waals surface area contributed by atoms with Crippen LogP contribution in [-0.2, 0) is 26.2 Å². The van der Waals surface area contributed by atoms with Crippen molar-refractivity contribution in [3.05, 3.63) is 93.4 Å². The van der Waals surface area contributed by atoms with Crippen LogP contribution in [0.15, 0.2) is 82.2 Å². The monoisotopic (exact) mass is 633 g/mol. The number of nitrogens with one attached hydrogen (secondary N) is 1. The predicted octanol–water partition coefficient (Wildman–Crippen LogP) is 5.94. The predicted molar refractivity (Wildman–Crippen MR) is 159 cm³/mol. The van der Waals surface area contributed by atoms with E-state index in [0.717, 1.165) is 20.8 Å². The molecule has 2 unspecified atom stereocenters.